The highest BCUT2D eigenvalue weighted by Crippen LogP contribution is 2.21. The highest BCUT2D eigenvalue weighted by Gasteiger charge is 2.21. The van der Waals surface area contributed by atoms with Gasteiger partial charge in [0.05, 0.1) is 16.4 Å². The van der Waals surface area contributed by atoms with Crippen LogP contribution in [0.1, 0.15) is 18.3 Å². The minimum atomic E-state index is 0.556. The lowest BCUT2D eigenvalue weighted by molar-refractivity contribution is 0.162. The first kappa shape index (κ1) is 11.9. The number of halogens is 1. The summed E-state index contributed by atoms with van der Waals surface area (Å²) in [5.74, 6) is 0. The molecule has 0 radical (unpaired) electrons. The van der Waals surface area contributed by atoms with Crippen molar-refractivity contribution in [2.24, 2.45) is 7.05 Å². The average molecular weight is 243 g/mol. The molecule has 0 amide bonds. The Balaban J connectivity index is 2.13. The summed E-state index contributed by atoms with van der Waals surface area (Å²) in [7, 11) is 1.96. The quantitative estimate of drug-likeness (QED) is 0.846. The zero-order chi connectivity index (χ0) is 11.7. The third kappa shape index (κ3) is 2.24. The van der Waals surface area contributed by atoms with E-state index in [4.69, 9.17) is 11.6 Å². The molecule has 0 saturated carbocycles. The van der Waals surface area contributed by atoms with Crippen molar-refractivity contribution in [2.75, 3.05) is 19.6 Å². The first-order chi connectivity index (χ1) is 7.59. The predicted octanol–water partition coefficient (Wildman–Crippen LogP) is 1.18. The summed E-state index contributed by atoms with van der Waals surface area (Å²) in [4.78, 5) is 2.44. The number of piperazine rings is 1. The van der Waals surface area contributed by atoms with Crippen LogP contribution in [0, 0.1) is 6.92 Å². The van der Waals surface area contributed by atoms with E-state index in [1.807, 2.05) is 18.7 Å². The molecule has 1 saturated heterocycles. The Morgan fingerprint density at radius 1 is 1.56 bits per heavy atom. The first-order valence-corrected chi connectivity index (χ1v) is 6.10. The Hall–Kier alpha value is -0.580. The lowest BCUT2D eigenvalue weighted by atomic mass is 10.2. The largest absolute Gasteiger partial charge is 0.314 e. The number of nitrogens with one attached hydrogen (secondary N) is 1. The van der Waals surface area contributed by atoms with E-state index in [-0.39, 0.29) is 0 Å². The molecule has 90 valence electrons. The molecule has 1 aromatic rings. The van der Waals surface area contributed by atoms with Crippen LogP contribution in [0.5, 0.6) is 0 Å². The Labute approximate surface area is 102 Å². The second kappa shape index (κ2) is 4.73. The number of aromatic nitrogens is 2. The Kier molecular flexibility index (Phi) is 3.52. The maximum atomic E-state index is 6.26. The van der Waals surface area contributed by atoms with E-state index < -0.39 is 0 Å². The molecule has 1 aliphatic rings. The van der Waals surface area contributed by atoms with Gasteiger partial charge in [-0.05, 0) is 13.8 Å². The van der Waals surface area contributed by atoms with Gasteiger partial charge in [-0.2, -0.15) is 5.10 Å². The summed E-state index contributed by atoms with van der Waals surface area (Å²) in [6, 6.07) is 0.556. The van der Waals surface area contributed by atoms with E-state index in [0.29, 0.717) is 6.04 Å². The molecule has 0 spiro atoms. The molecule has 2 heterocycles. The number of hydrogen-bond acceptors (Lipinski definition) is 3. The molecule has 1 atom stereocenters. The lowest BCUT2D eigenvalue weighted by Gasteiger charge is -2.33. The predicted molar refractivity (Wildman–Crippen MR) is 65.7 cm³/mol. The van der Waals surface area contributed by atoms with E-state index in [1.54, 1.807) is 0 Å². The van der Waals surface area contributed by atoms with Gasteiger partial charge in [0.25, 0.3) is 0 Å². The number of nitrogens with zero attached hydrogens (tertiary/aromatic N) is 3. The second-order valence-electron chi connectivity index (χ2n) is 4.49. The van der Waals surface area contributed by atoms with Crippen molar-refractivity contribution in [1.82, 2.24) is 20.0 Å². The molecular weight excluding hydrogens is 224 g/mol. The van der Waals surface area contributed by atoms with Crippen LogP contribution in [-0.4, -0.2) is 40.4 Å². The minimum absolute atomic E-state index is 0.556. The third-order valence-corrected chi connectivity index (χ3v) is 3.75. The van der Waals surface area contributed by atoms with Crippen LogP contribution in [0.3, 0.4) is 0 Å². The molecule has 0 aliphatic carbocycles. The molecule has 16 heavy (non-hydrogen) atoms. The molecule has 0 bridgehead atoms. The van der Waals surface area contributed by atoms with Gasteiger partial charge in [0.2, 0.25) is 0 Å². The molecule has 2 rings (SSSR count). The SMILES string of the molecule is Cc1nn(C)c(CN2CCNC[C@@H]2C)c1Cl. The van der Waals surface area contributed by atoms with Crippen LogP contribution in [0.2, 0.25) is 5.02 Å². The molecule has 5 heteroatoms. The van der Waals surface area contributed by atoms with Crippen LogP contribution in [0.15, 0.2) is 0 Å². The highest BCUT2D eigenvalue weighted by atomic mass is 35.5. The van der Waals surface area contributed by atoms with Gasteiger partial charge in [0.1, 0.15) is 0 Å². The molecule has 0 unspecified atom stereocenters. The Morgan fingerprint density at radius 2 is 2.31 bits per heavy atom. The van der Waals surface area contributed by atoms with Crippen LogP contribution in [0.25, 0.3) is 0 Å². The fraction of sp³-hybridized carbons (Fsp3) is 0.727. The van der Waals surface area contributed by atoms with Crippen LogP contribution < -0.4 is 5.32 Å². The van der Waals surface area contributed by atoms with Crippen molar-refractivity contribution in [1.29, 1.82) is 0 Å². The van der Waals surface area contributed by atoms with Crippen molar-refractivity contribution in [3.63, 3.8) is 0 Å². The van der Waals surface area contributed by atoms with Gasteiger partial charge >= 0.3 is 0 Å². The van der Waals surface area contributed by atoms with Crippen LogP contribution >= 0.6 is 11.6 Å². The lowest BCUT2D eigenvalue weighted by Crippen LogP contribution is -2.49. The van der Waals surface area contributed by atoms with Crippen LogP contribution in [0.4, 0.5) is 0 Å². The van der Waals surface area contributed by atoms with Gasteiger partial charge in [-0.25, -0.2) is 0 Å². The van der Waals surface area contributed by atoms with Crippen molar-refractivity contribution in [2.45, 2.75) is 26.4 Å². The average Bonchev–Trinajstić information content (AvgIpc) is 2.48. The smallest absolute Gasteiger partial charge is 0.0860 e. The van der Waals surface area contributed by atoms with Gasteiger partial charge in [-0.3, -0.25) is 9.58 Å². The zero-order valence-corrected chi connectivity index (χ0v) is 10.9. The van der Waals surface area contributed by atoms with Crippen molar-refractivity contribution in [3.8, 4) is 0 Å². The number of rotatable bonds is 2. The minimum Gasteiger partial charge on any atom is -0.314 e. The molecule has 1 fully saturated rings. The summed E-state index contributed by atoms with van der Waals surface area (Å²) in [6.45, 7) is 8.25. The van der Waals surface area contributed by atoms with E-state index in [2.05, 4.69) is 22.2 Å². The number of hydrogen-bond donors (Lipinski definition) is 1. The summed E-state index contributed by atoms with van der Waals surface area (Å²) in [5, 5.41) is 8.54. The van der Waals surface area contributed by atoms with Crippen LogP contribution in [-0.2, 0) is 13.6 Å². The van der Waals surface area contributed by atoms with Crippen molar-refractivity contribution in [3.05, 3.63) is 16.4 Å². The van der Waals surface area contributed by atoms with Gasteiger partial charge in [-0.15, -0.1) is 0 Å². The monoisotopic (exact) mass is 242 g/mol. The van der Waals surface area contributed by atoms with Gasteiger partial charge in [-0.1, -0.05) is 11.6 Å². The topological polar surface area (TPSA) is 33.1 Å². The Morgan fingerprint density at radius 3 is 2.88 bits per heavy atom. The highest BCUT2D eigenvalue weighted by molar-refractivity contribution is 6.31. The summed E-state index contributed by atoms with van der Waals surface area (Å²) in [6.07, 6.45) is 0. The maximum absolute atomic E-state index is 6.26. The summed E-state index contributed by atoms with van der Waals surface area (Å²) in [5.41, 5.74) is 2.04. The van der Waals surface area contributed by atoms with E-state index >= 15 is 0 Å². The fourth-order valence-electron chi connectivity index (χ4n) is 2.16. The third-order valence-electron chi connectivity index (χ3n) is 3.25. The standard InChI is InChI=1S/C11H19ClN4/c1-8-6-13-4-5-16(8)7-10-11(12)9(2)14-15(10)3/h8,13H,4-7H2,1-3H3/t8-/m0/s1. The molecular formula is C11H19ClN4. The summed E-state index contributed by atoms with van der Waals surface area (Å²) < 4.78 is 1.90. The molecule has 4 nitrogen and oxygen atoms in total. The number of aryl methyl sites for hydroxylation is 2. The fourth-order valence-corrected chi connectivity index (χ4v) is 2.38. The normalized spacial score (nSPS) is 22.6. The maximum Gasteiger partial charge on any atom is 0.0860 e. The van der Waals surface area contributed by atoms with E-state index in [0.717, 1.165) is 42.6 Å². The van der Waals surface area contributed by atoms with Gasteiger partial charge in [0, 0.05) is 39.3 Å². The zero-order valence-electron chi connectivity index (χ0n) is 10.1. The molecule has 1 N–H and O–H groups in total. The van der Waals surface area contributed by atoms with Crippen molar-refractivity contribution >= 4 is 11.6 Å². The summed E-state index contributed by atoms with van der Waals surface area (Å²) >= 11 is 6.26. The second-order valence-corrected chi connectivity index (χ2v) is 4.87. The molecule has 1 aromatic heterocycles. The van der Waals surface area contributed by atoms with Gasteiger partial charge in [0.15, 0.2) is 0 Å². The Bertz CT molecular complexity index is 374. The molecule has 0 aromatic carbocycles. The van der Waals surface area contributed by atoms with E-state index in [1.165, 1.54) is 0 Å². The molecule has 1 aliphatic heterocycles. The van der Waals surface area contributed by atoms with Gasteiger partial charge < -0.3 is 5.32 Å². The van der Waals surface area contributed by atoms with E-state index in [9.17, 15) is 0 Å². The first-order valence-electron chi connectivity index (χ1n) is 5.72. The van der Waals surface area contributed by atoms with Crippen molar-refractivity contribution < 1.29 is 0 Å².